The van der Waals surface area contributed by atoms with Crippen LogP contribution in [0.5, 0.6) is 0 Å². The van der Waals surface area contributed by atoms with Crippen molar-refractivity contribution < 1.29 is 14.0 Å². The second-order valence-electron chi connectivity index (χ2n) is 7.50. The van der Waals surface area contributed by atoms with Gasteiger partial charge in [0.25, 0.3) is 5.91 Å². The molecule has 0 bridgehead atoms. The number of amides is 2. The number of carbonyl (C=O) groups excluding carboxylic acids is 2. The topological polar surface area (TPSA) is 65.8 Å². The molecule has 2 aromatic carbocycles. The fourth-order valence-electron chi connectivity index (χ4n) is 3.79. The molecule has 154 valence electrons. The molecule has 1 atom stereocenters. The Bertz CT molecular complexity index is 1000. The molecule has 0 saturated carbocycles. The summed E-state index contributed by atoms with van der Waals surface area (Å²) in [6.45, 7) is 1.83. The van der Waals surface area contributed by atoms with Crippen LogP contribution >= 0.6 is 0 Å². The summed E-state index contributed by atoms with van der Waals surface area (Å²) < 4.78 is 5.21. The Balaban J connectivity index is 1.57. The van der Waals surface area contributed by atoms with Gasteiger partial charge in [-0.25, -0.2) is 0 Å². The quantitative estimate of drug-likeness (QED) is 0.711. The minimum Gasteiger partial charge on any atom is -0.459 e. The third-order valence-corrected chi connectivity index (χ3v) is 5.41. The lowest BCUT2D eigenvalue weighted by atomic mass is 10.0. The zero-order valence-corrected chi connectivity index (χ0v) is 17.0. The highest BCUT2D eigenvalue weighted by Gasteiger charge is 2.29. The molecule has 1 unspecified atom stereocenters. The molecule has 6 heteroatoms. The minimum absolute atomic E-state index is 0.0936. The highest BCUT2D eigenvalue weighted by molar-refractivity contribution is 5.95. The van der Waals surface area contributed by atoms with Crippen molar-refractivity contribution in [3.05, 3.63) is 89.9 Å². The van der Waals surface area contributed by atoms with Crippen LogP contribution in [0.2, 0.25) is 0 Å². The molecular formula is C24H25N3O3. The van der Waals surface area contributed by atoms with E-state index in [0.29, 0.717) is 19.5 Å². The van der Waals surface area contributed by atoms with Gasteiger partial charge >= 0.3 is 0 Å². The van der Waals surface area contributed by atoms with Crippen LogP contribution in [0.3, 0.4) is 0 Å². The van der Waals surface area contributed by atoms with Gasteiger partial charge in [0.05, 0.1) is 6.26 Å². The molecule has 0 aliphatic carbocycles. The average Bonchev–Trinajstić information content (AvgIpc) is 3.26. The van der Waals surface area contributed by atoms with Crippen LogP contribution in [0.4, 0.5) is 5.69 Å². The maximum Gasteiger partial charge on any atom is 0.287 e. The molecule has 4 rings (SSSR count). The first-order valence-electron chi connectivity index (χ1n) is 10.1. The molecule has 1 N–H and O–H groups in total. The van der Waals surface area contributed by atoms with Gasteiger partial charge in [-0.2, -0.15) is 0 Å². The summed E-state index contributed by atoms with van der Waals surface area (Å²) >= 11 is 0. The molecule has 0 fully saturated rings. The minimum atomic E-state index is -0.680. The Kier molecular flexibility index (Phi) is 5.84. The predicted octanol–water partition coefficient (Wildman–Crippen LogP) is 3.10. The van der Waals surface area contributed by atoms with E-state index in [9.17, 15) is 9.59 Å². The number of para-hydroxylation sites is 1. The highest BCUT2D eigenvalue weighted by atomic mass is 16.3. The lowest BCUT2D eigenvalue weighted by molar-refractivity contribution is -0.133. The zero-order chi connectivity index (χ0) is 20.9. The largest absolute Gasteiger partial charge is 0.459 e. The number of benzene rings is 2. The monoisotopic (exact) mass is 403 g/mol. The van der Waals surface area contributed by atoms with Crippen molar-refractivity contribution in [2.24, 2.45) is 0 Å². The van der Waals surface area contributed by atoms with Gasteiger partial charge in [-0.3, -0.25) is 9.59 Å². The number of hydrogen-bond donors (Lipinski definition) is 1. The third kappa shape index (κ3) is 4.38. The summed E-state index contributed by atoms with van der Waals surface area (Å²) in [4.78, 5) is 30.2. The van der Waals surface area contributed by atoms with Crippen molar-refractivity contribution in [3.63, 3.8) is 0 Å². The Hall–Kier alpha value is -3.54. The van der Waals surface area contributed by atoms with E-state index in [0.717, 1.165) is 23.4 Å². The highest BCUT2D eigenvalue weighted by Crippen LogP contribution is 2.24. The fraction of sp³-hybridized carbons (Fsp3) is 0.250. The van der Waals surface area contributed by atoms with E-state index in [1.807, 2.05) is 60.5 Å². The number of nitrogens with zero attached hydrogens (tertiary/aromatic N) is 2. The first-order chi connectivity index (χ1) is 14.6. The van der Waals surface area contributed by atoms with Crippen molar-refractivity contribution in [1.29, 1.82) is 0 Å². The summed E-state index contributed by atoms with van der Waals surface area (Å²) in [5, 5.41) is 2.88. The maximum atomic E-state index is 13.5. The molecule has 1 aliphatic heterocycles. The van der Waals surface area contributed by atoms with E-state index < -0.39 is 6.04 Å². The fourth-order valence-corrected chi connectivity index (χ4v) is 3.79. The van der Waals surface area contributed by atoms with Gasteiger partial charge in [-0.15, -0.1) is 0 Å². The lowest BCUT2D eigenvalue weighted by Crippen LogP contribution is -2.50. The molecule has 0 saturated heterocycles. The molecule has 1 aliphatic rings. The van der Waals surface area contributed by atoms with E-state index in [4.69, 9.17) is 4.42 Å². The first-order valence-corrected chi connectivity index (χ1v) is 10.1. The van der Waals surface area contributed by atoms with Gasteiger partial charge in [0.2, 0.25) is 5.91 Å². The van der Waals surface area contributed by atoms with Gasteiger partial charge in [0, 0.05) is 38.8 Å². The van der Waals surface area contributed by atoms with Gasteiger partial charge in [0.1, 0.15) is 6.04 Å². The summed E-state index contributed by atoms with van der Waals surface area (Å²) in [7, 11) is 2.03. The average molecular weight is 403 g/mol. The Morgan fingerprint density at radius 1 is 1.00 bits per heavy atom. The SMILES string of the molecule is CN1CCN(C(=O)C(Cc2ccccc2)NC(=O)c2ccco2)Cc2ccccc21. The molecule has 1 aromatic heterocycles. The molecule has 0 radical (unpaired) electrons. The second kappa shape index (κ2) is 8.86. The van der Waals surface area contributed by atoms with Crippen LogP contribution < -0.4 is 10.2 Å². The molecule has 0 spiro atoms. The van der Waals surface area contributed by atoms with Crippen LogP contribution in [0.15, 0.2) is 77.4 Å². The van der Waals surface area contributed by atoms with Crippen LogP contribution in [0.1, 0.15) is 21.7 Å². The Labute approximate surface area is 176 Å². The number of likely N-dealkylation sites (N-methyl/N-ethyl adjacent to an activating group) is 1. The number of hydrogen-bond acceptors (Lipinski definition) is 4. The third-order valence-electron chi connectivity index (χ3n) is 5.41. The molecule has 30 heavy (non-hydrogen) atoms. The van der Waals surface area contributed by atoms with Crippen LogP contribution in [-0.4, -0.2) is 42.9 Å². The van der Waals surface area contributed by atoms with Crippen LogP contribution in [-0.2, 0) is 17.8 Å². The maximum absolute atomic E-state index is 13.5. The predicted molar refractivity (Wildman–Crippen MR) is 115 cm³/mol. The zero-order valence-electron chi connectivity index (χ0n) is 17.0. The molecule has 6 nitrogen and oxygen atoms in total. The smallest absolute Gasteiger partial charge is 0.287 e. The normalized spacial score (nSPS) is 14.6. The van der Waals surface area contributed by atoms with E-state index in [1.54, 1.807) is 12.1 Å². The number of rotatable bonds is 5. The van der Waals surface area contributed by atoms with Crippen molar-refractivity contribution in [2.75, 3.05) is 25.0 Å². The van der Waals surface area contributed by atoms with Crippen molar-refractivity contribution in [1.82, 2.24) is 10.2 Å². The number of furan rings is 1. The summed E-state index contributed by atoms with van der Waals surface area (Å²) in [5.41, 5.74) is 3.22. The number of carbonyl (C=O) groups is 2. The number of anilines is 1. The Morgan fingerprint density at radius 2 is 1.77 bits per heavy atom. The van der Waals surface area contributed by atoms with Gasteiger partial charge in [0.15, 0.2) is 5.76 Å². The van der Waals surface area contributed by atoms with E-state index in [1.165, 1.54) is 6.26 Å². The van der Waals surface area contributed by atoms with Crippen LogP contribution in [0.25, 0.3) is 0 Å². The van der Waals surface area contributed by atoms with Gasteiger partial charge in [-0.05, 0) is 29.3 Å². The van der Waals surface area contributed by atoms with Crippen molar-refractivity contribution in [2.45, 2.75) is 19.0 Å². The van der Waals surface area contributed by atoms with E-state index >= 15 is 0 Å². The van der Waals surface area contributed by atoms with Crippen LogP contribution in [0, 0.1) is 0 Å². The lowest BCUT2D eigenvalue weighted by Gasteiger charge is -2.27. The Morgan fingerprint density at radius 3 is 2.53 bits per heavy atom. The van der Waals surface area contributed by atoms with Gasteiger partial charge in [-0.1, -0.05) is 48.5 Å². The van der Waals surface area contributed by atoms with Gasteiger partial charge < -0.3 is 19.5 Å². The molecular weight excluding hydrogens is 378 g/mol. The molecule has 3 aromatic rings. The molecule has 2 amide bonds. The van der Waals surface area contributed by atoms with E-state index in [-0.39, 0.29) is 17.6 Å². The van der Waals surface area contributed by atoms with E-state index in [2.05, 4.69) is 16.3 Å². The molecule has 2 heterocycles. The standard InChI is InChI=1S/C24H25N3O3/c1-26-13-14-27(17-19-10-5-6-11-21(19)26)24(29)20(16-18-8-3-2-4-9-18)25-23(28)22-12-7-15-30-22/h2-12,15,20H,13-14,16-17H2,1H3,(H,25,28). The van der Waals surface area contributed by atoms with Crippen molar-refractivity contribution in [3.8, 4) is 0 Å². The summed E-state index contributed by atoms with van der Waals surface area (Å²) in [5.74, 6) is -0.285. The second-order valence-corrected chi connectivity index (χ2v) is 7.50. The van der Waals surface area contributed by atoms with Crippen molar-refractivity contribution >= 4 is 17.5 Å². The summed E-state index contributed by atoms with van der Waals surface area (Å²) in [6.07, 6.45) is 1.87. The first kappa shape index (κ1) is 19.8. The number of fused-ring (bicyclic) bond motifs is 1. The summed E-state index contributed by atoms with van der Waals surface area (Å²) in [6, 6.07) is 20.4. The number of nitrogens with one attached hydrogen (secondary N) is 1.